The molecule has 7 heteroatoms. The maximum absolute atomic E-state index is 12.8. The first kappa shape index (κ1) is 17.8. The Morgan fingerprint density at radius 3 is 2.59 bits per heavy atom. The maximum atomic E-state index is 12.8. The lowest BCUT2D eigenvalue weighted by Gasteiger charge is -2.32. The number of Topliss-reactive ketones (excluding diaryl/α,β-unsaturated/α-hetero) is 1. The molecule has 140 valence electrons. The SMILES string of the molecule is O=C(c1cccnc1)C1CCN(C(=O)C2CC(c3ccccn3)NN2)CC1. The Kier molecular flexibility index (Phi) is 5.22. The lowest BCUT2D eigenvalue weighted by atomic mass is 9.89. The number of nitrogens with one attached hydrogen (secondary N) is 2. The van der Waals surface area contributed by atoms with Gasteiger partial charge in [0.25, 0.3) is 0 Å². The van der Waals surface area contributed by atoms with E-state index >= 15 is 0 Å². The van der Waals surface area contributed by atoms with E-state index in [1.165, 1.54) is 0 Å². The molecule has 0 radical (unpaired) electrons. The zero-order chi connectivity index (χ0) is 18.6. The van der Waals surface area contributed by atoms with E-state index in [-0.39, 0.29) is 29.7 Å². The van der Waals surface area contributed by atoms with Crippen LogP contribution < -0.4 is 10.9 Å². The van der Waals surface area contributed by atoms with Gasteiger partial charge in [-0.1, -0.05) is 6.07 Å². The van der Waals surface area contributed by atoms with Crippen molar-refractivity contribution in [2.75, 3.05) is 13.1 Å². The Balaban J connectivity index is 1.31. The number of nitrogens with zero attached hydrogens (tertiary/aromatic N) is 3. The third kappa shape index (κ3) is 3.89. The van der Waals surface area contributed by atoms with Crippen LogP contribution in [0.15, 0.2) is 48.9 Å². The van der Waals surface area contributed by atoms with E-state index in [0.29, 0.717) is 37.9 Å². The highest BCUT2D eigenvalue weighted by Crippen LogP contribution is 2.25. The second kappa shape index (κ2) is 7.94. The van der Waals surface area contributed by atoms with Gasteiger partial charge < -0.3 is 4.90 Å². The van der Waals surface area contributed by atoms with Crippen molar-refractivity contribution in [1.82, 2.24) is 25.7 Å². The van der Waals surface area contributed by atoms with E-state index in [1.54, 1.807) is 30.7 Å². The van der Waals surface area contributed by atoms with Crippen LogP contribution in [0.2, 0.25) is 0 Å². The van der Waals surface area contributed by atoms with Gasteiger partial charge in [-0.3, -0.25) is 19.6 Å². The molecule has 0 saturated carbocycles. The highest BCUT2D eigenvalue weighted by molar-refractivity contribution is 5.97. The molecule has 2 saturated heterocycles. The molecule has 2 aromatic rings. The van der Waals surface area contributed by atoms with Gasteiger partial charge in [0.2, 0.25) is 5.91 Å². The van der Waals surface area contributed by atoms with E-state index < -0.39 is 0 Å². The average molecular weight is 365 g/mol. The molecule has 1 amide bonds. The molecule has 4 heterocycles. The number of rotatable bonds is 4. The number of pyridine rings is 2. The fourth-order valence-electron chi connectivity index (χ4n) is 3.82. The topological polar surface area (TPSA) is 87.2 Å². The normalized spacial score (nSPS) is 23.3. The number of aromatic nitrogens is 2. The molecule has 0 spiro atoms. The van der Waals surface area contributed by atoms with Crippen LogP contribution in [0.25, 0.3) is 0 Å². The van der Waals surface area contributed by atoms with Crippen molar-refractivity contribution in [2.24, 2.45) is 5.92 Å². The molecule has 0 aromatic carbocycles. The molecule has 7 nitrogen and oxygen atoms in total. The molecule has 0 aliphatic carbocycles. The minimum absolute atomic E-state index is 0.0323. The number of amides is 1. The van der Waals surface area contributed by atoms with Crippen LogP contribution >= 0.6 is 0 Å². The van der Waals surface area contributed by atoms with Crippen molar-refractivity contribution in [3.63, 3.8) is 0 Å². The molecule has 2 aliphatic rings. The molecular weight excluding hydrogens is 342 g/mol. The minimum atomic E-state index is -0.261. The first-order valence-electron chi connectivity index (χ1n) is 9.37. The molecule has 0 bridgehead atoms. The summed E-state index contributed by atoms with van der Waals surface area (Å²) in [6.07, 6.45) is 7.11. The summed E-state index contributed by atoms with van der Waals surface area (Å²) >= 11 is 0. The van der Waals surface area contributed by atoms with Gasteiger partial charge in [-0.2, -0.15) is 0 Å². The number of hydrazine groups is 1. The van der Waals surface area contributed by atoms with Gasteiger partial charge in [-0.25, -0.2) is 10.9 Å². The summed E-state index contributed by atoms with van der Waals surface area (Å²) in [5, 5.41) is 0. The van der Waals surface area contributed by atoms with Crippen LogP contribution in [0, 0.1) is 5.92 Å². The standard InChI is InChI=1S/C20H23N5O2/c26-19(15-4-3-8-21-13-15)14-6-10-25(11-7-14)20(27)18-12-17(23-24-18)16-5-1-2-9-22-16/h1-5,8-9,13-14,17-18,23-24H,6-7,10-12H2. The zero-order valence-electron chi connectivity index (χ0n) is 15.0. The fourth-order valence-corrected chi connectivity index (χ4v) is 3.82. The Morgan fingerprint density at radius 2 is 1.89 bits per heavy atom. The monoisotopic (exact) mass is 365 g/mol. The molecule has 2 aliphatic heterocycles. The van der Waals surface area contributed by atoms with Gasteiger partial charge in [0, 0.05) is 43.2 Å². The Bertz CT molecular complexity index is 791. The summed E-state index contributed by atoms with van der Waals surface area (Å²) in [7, 11) is 0. The van der Waals surface area contributed by atoms with Crippen molar-refractivity contribution in [3.8, 4) is 0 Å². The summed E-state index contributed by atoms with van der Waals surface area (Å²) in [6, 6.07) is 9.14. The van der Waals surface area contributed by atoms with Crippen LogP contribution in [0.5, 0.6) is 0 Å². The number of hydrogen-bond acceptors (Lipinski definition) is 6. The number of carbonyl (C=O) groups is 2. The van der Waals surface area contributed by atoms with E-state index in [0.717, 1.165) is 5.69 Å². The summed E-state index contributed by atoms with van der Waals surface area (Å²) in [6.45, 7) is 1.23. The largest absolute Gasteiger partial charge is 0.341 e. The second-order valence-electron chi connectivity index (χ2n) is 7.09. The molecular formula is C20H23N5O2. The lowest BCUT2D eigenvalue weighted by Crippen LogP contribution is -2.49. The van der Waals surface area contributed by atoms with E-state index in [4.69, 9.17) is 0 Å². The number of ketones is 1. The van der Waals surface area contributed by atoms with E-state index in [1.807, 2.05) is 23.1 Å². The predicted octanol–water partition coefficient (Wildman–Crippen LogP) is 1.51. The number of likely N-dealkylation sites (tertiary alicyclic amines) is 1. The van der Waals surface area contributed by atoms with Gasteiger partial charge in [0.1, 0.15) is 6.04 Å². The highest BCUT2D eigenvalue weighted by Gasteiger charge is 2.35. The van der Waals surface area contributed by atoms with Crippen LogP contribution in [-0.2, 0) is 4.79 Å². The number of piperidine rings is 1. The van der Waals surface area contributed by atoms with Gasteiger partial charge in [-0.05, 0) is 43.5 Å². The molecule has 4 rings (SSSR count). The van der Waals surface area contributed by atoms with Gasteiger partial charge in [-0.15, -0.1) is 0 Å². The van der Waals surface area contributed by atoms with E-state index in [9.17, 15) is 9.59 Å². The van der Waals surface area contributed by atoms with Gasteiger partial charge >= 0.3 is 0 Å². The van der Waals surface area contributed by atoms with Crippen LogP contribution in [-0.4, -0.2) is 45.7 Å². The molecule has 2 unspecified atom stereocenters. The van der Waals surface area contributed by atoms with Crippen molar-refractivity contribution in [2.45, 2.75) is 31.3 Å². The van der Waals surface area contributed by atoms with Crippen molar-refractivity contribution in [1.29, 1.82) is 0 Å². The van der Waals surface area contributed by atoms with Crippen LogP contribution in [0.4, 0.5) is 0 Å². The number of carbonyl (C=O) groups excluding carboxylic acids is 2. The van der Waals surface area contributed by atoms with Crippen molar-refractivity contribution >= 4 is 11.7 Å². The van der Waals surface area contributed by atoms with Gasteiger partial charge in [0.05, 0.1) is 11.7 Å². The molecule has 2 fully saturated rings. The van der Waals surface area contributed by atoms with Crippen LogP contribution in [0.1, 0.15) is 41.4 Å². The van der Waals surface area contributed by atoms with Gasteiger partial charge in [0.15, 0.2) is 5.78 Å². The summed E-state index contributed by atoms with van der Waals surface area (Å²) in [5.74, 6) is 0.188. The third-order valence-corrected chi connectivity index (χ3v) is 5.37. The Hall–Kier alpha value is -2.64. The summed E-state index contributed by atoms with van der Waals surface area (Å²) in [4.78, 5) is 35.6. The zero-order valence-corrected chi connectivity index (χ0v) is 15.0. The fraction of sp³-hybridized carbons (Fsp3) is 0.400. The number of hydrogen-bond donors (Lipinski definition) is 2. The minimum Gasteiger partial charge on any atom is -0.341 e. The smallest absolute Gasteiger partial charge is 0.241 e. The molecule has 2 atom stereocenters. The van der Waals surface area contributed by atoms with Crippen LogP contribution in [0.3, 0.4) is 0 Å². The lowest BCUT2D eigenvalue weighted by molar-refractivity contribution is -0.134. The highest BCUT2D eigenvalue weighted by atomic mass is 16.2. The van der Waals surface area contributed by atoms with Crippen molar-refractivity contribution in [3.05, 3.63) is 60.2 Å². The predicted molar refractivity (Wildman–Crippen MR) is 99.5 cm³/mol. The third-order valence-electron chi connectivity index (χ3n) is 5.37. The summed E-state index contributed by atoms with van der Waals surface area (Å²) < 4.78 is 0. The molecule has 27 heavy (non-hydrogen) atoms. The first-order valence-corrected chi connectivity index (χ1v) is 9.37. The molecule has 2 aromatic heterocycles. The Labute approximate surface area is 158 Å². The maximum Gasteiger partial charge on any atom is 0.241 e. The molecule has 2 N–H and O–H groups in total. The second-order valence-corrected chi connectivity index (χ2v) is 7.09. The Morgan fingerprint density at radius 1 is 1.04 bits per heavy atom. The average Bonchev–Trinajstić information content (AvgIpc) is 3.24. The summed E-state index contributed by atoms with van der Waals surface area (Å²) in [5.41, 5.74) is 7.86. The van der Waals surface area contributed by atoms with E-state index in [2.05, 4.69) is 20.8 Å². The van der Waals surface area contributed by atoms with Crippen molar-refractivity contribution < 1.29 is 9.59 Å². The first-order chi connectivity index (χ1) is 13.2. The quantitative estimate of drug-likeness (QED) is 0.799.